The summed E-state index contributed by atoms with van der Waals surface area (Å²) < 4.78 is 13.5. The molecule has 0 spiro atoms. The van der Waals surface area contributed by atoms with E-state index in [9.17, 15) is 9.50 Å². The lowest BCUT2D eigenvalue weighted by molar-refractivity contribution is 0.188. The SMILES string of the molecule is CCNC(=NCc1ccc(C)c(F)c1)N1CC[C@@H](O)C1. The van der Waals surface area contributed by atoms with E-state index in [1.54, 1.807) is 13.0 Å². The van der Waals surface area contributed by atoms with Crippen molar-refractivity contribution in [3.8, 4) is 0 Å². The fourth-order valence-corrected chi connectivity index (χ4v) is 2.26. The van der Waals surface area contributed by atoms with Crippen molar-refractivity contribution in [1.29, 1.82) is 0 Å². The molecule has 4 nitrogen and oxygen atoms in total. The van der Waals surface area contributed by atoms with Crippen LogP contribution in [0, 0.1) is 12.7 Å². The third-order valence-electron chi connectivity index (χ3n) is 3.45. The first-order valence-electron chi connectivity index (χ1n) is 7.06. The van der Waals surface area contributed by atoms with Crippen LogP contribution in [0.2, 0.25) is 0 Å². The van der Waals surface area contributed by atoms with Crippen LogP contribution in [0.15, 0.2) is 23.2 Å². The zero-order chi connectivity index (χ0) is 14.5. The zero-order valence-electron chi connectivity index (χ0n) is 12.1. The Hall–Kier alpha value is -1.62. The Morgan fingerprint density at radius 2 is 2.35 bits per heavy atom. The maximum Gasteiger partial charge on any atom is 0.194 e. The maximum atomic E-state index is 13.5. The van der Waals surface area contributed by atoms with Crippen molar-refractivity contribution >= 4 is 5.96 Å². The summed E-state index contributed by atoms with van der Waals surface area (Å²) in [7, 11) is 0. The summed E-state index contributed by atoms with van der Waals surface area (Å²) in [5, 5.41) is 12.8. The first-order valence-corrected chi connectivity index (χ1v) is 7.06. The predicted octanol–water partition coefficient (Wildman–Crippen LogP) is 1.67. The molecular formula is C15H22FN3O. The Morgan fingerprint density at radius 1 is 1.55 bits per heavy atom. The summed E-state index contributed by atoms with van der Waals surface area (Å²) in [5.74, 6) is 0.587. The van der Waals surface area contributed by atoms with Crippen molar-refractivity contribution in [2.75, 3.05) is 19.6 Å². The third-order valence-corrected chi connectivity index (χ3v) is 3.45. The predicted molar refractivity (Wildman–Crippen MR) is 78.1 cm³/mol. The molecule has 1 aliphatic heterocycles. The highest BCUT2D eigenvalue weighted by molar-refractivity contribution is 5.80. The van der Waals surface area contributed by atoms with Gasteiger partial charge in [-0.3, -0.25) is 0 Å². The van der Waals surface area contributed by atoms with Gasteiger partial charge in [-0.25, -0.2) is 9.38 Å². The van der Waals surface area contributed by atoms with E-state index in [1.807, 2.05) is 17.9 Å². The molecular weight excluding hydrogens is 257 g/mol. The van der Waals surface area contributed by atoms with E-state index in [0.29, 0.717) is 18.7 Å². The molecule has 1 atom stereocenters. The number of benzene rings is 1. The largest absolute Gasteiger partial charge is 0.391 e. The van der Waals surface area contributed by atoms with Crippen LogP contribution in [-0.2, 0) is 6.54 Å². The van der Waals surface area contributed by atoms with Crippen LogP contribution in [-0.4, -0.2) is 41.7 Å². The van der Waals surface area contributed by atoms with E-state index in [2.05, 4.69) is 10.3 Å². The minimum Gasteiger partial charge on any atom is -0.391 e. The molecule has 0 aliphatic carbocycles. The highest BCUT2D eigenvalue weighted by atomic mass is 19.1. The van der Waals surface area contributed by atoms with E-state index < -0.39 is 0 Å². The monoisotopic (exact) mass is 279 g/mol. The minimum atomic E-state index is -0.282. The Morgan fingerprint density at radius 3 is 2.95 bits per heavy atom. The van der Waals surface area contributed by atoms with Crippen molar-refractivity contribution in [1.82, 2.24) is 10.2 Å². The fourth-order valence-electron chi connectivity index (χ4n) is 2.26. The lowest BCUT2D eigenvalue weighted by atomic mass is 10.1. The van der Waals surface area contributed by atoms with Crippen molar-refractivity contribution in [2.45, 2.75) is 32.9 Å². The summed E-state index contributed by atoms with van der Waals surface area (Å²) in [6.45, 7) is 6.37. The first kappa shape index (κ1) is 14.8. The van der Waals surface area contributed by atoms with Crippen LogP contribution in [0.1, 0.15) is 24.5 Å². The molecule has 1 aromatic carbocycles. The number of rotatable bonds is 3. The molecule has 1 fully saturated rings. The fraction of sp³-hybridized carbons (Fsp3) is 0.533. The van der Waals surface area contributed by atoms with Gasteiger partial charge >= 0.3 is 0 Å². The molecule has 5 heteroatoms. The Balaban J connectivity index is 2.06. The number of hydrogen-bond acceptors (Lipinski definition) is 2. The number of β-amino-alcohol motifs (C(OH)–C–C–N with tert-alkyl or cyclic N) is 1. The number of aliphatic imine (C=N–C) groups is 1. The third kappa shape index (κ3) is 3.70. The molecule has 0 aromatic heterocycles. The molecule has 110 valence electrons. The number of nitrogens with one attached hydrogen (secondary N) is 1. The van der Waals surface area contributed by atoms with Crippen molar-refractivity contribution in [2.24, 2.45) is 4.99 Å². The van der Waals surface area contributed by atoms with Gasteiger partial charge in [0.15, 0.2) is 5.96 Å². The number of aryl methyl sites for hydroxylation is 1. The van der Waals surface area contributed by atoms with Gasteiger partial charge < -0.3 is 15.3 Å². The van der Waals surface area contributed by atoms with E-state index in [1.165, 1.54) is 6.07 Å². The summed E-state index contributed by atoms with van der Waals surface area (Å²) in [6, 6.07) is 5.19. The number of guanidine groups is 1. The highest BCUT2D eigenvalue weighted by Gasteiger charge is 2.22. The van der Waals surface area contributed by atoms with Gasteiger partial charge in [0, 0.05) is 19.6 Å². The molecule has 1 aromatic rings. The molecule has 2 N–H and O–H groups in total. The summed E-state index contributed by atoms with van der Waals surface area (Å²) in [5.41, 5.74) is 1.50. The van der Waals surface area contributed by atoms with E-state index in [4.69, 9.17) is 0 Å². The minimum absolute atomic E-state index is 0.195. The van der Waals surface area contributed by atoms with E-state index in [0.717, 1.165) is 31.0 Å². The molecule has 20 heavy (non-hydrogen) atoms. The highest BCUT2D eigenvalue weighted by Crippen LogP contribution is 2.12. The van der Waals surface area contributed by atoms with E-state index >= 15 is 0 Å². The van der Waals surface area contributed by atoms with Gasteiger partial charge in [0.25, 0.3) is 0 Å². The van der Waals surface area contributed by atoms with Crippen molar-refractivity contribution in [3.05, 3.63) is 35.1 Å². The van der Waals surface area contributed by atoms with Gasteiger partial charge in [-0.1, -0.05) is 12.1 Å². The lowest BCUT2D eigenvalue weighted by Gasteiger charge is -2.20. The van der Waals surface area contributed by atoms with Gasteiger partial charge in [0.1, 0.15) is 5.82 Å². The van der Waals surface area contributed by atoms with Crippen molar-refractivity contribution in [3.63, 3.8) is 0 Å². The number of nitrogens with zero attached hydrogens (tertiary/aromatic N) is 2. The standard InChI is InChI=1S/C15H22FN3O/c1-3-17-15(19-7-6-13(20)10-19)18-9-12-5-4-11(2)14(16)8-12/h4-5,8,13,20H,3,6-7,9-10H2,1-2H3,(H,17,18)/t13-/m1/s1. The smallest absolute Gasteiger partial charge is 0.194 e. The van der Waals surface area contributed by atoms with Gasteiger partial charge in [-0.2, -0.15) is 0 Å². The second-order valence-corrected chi connectivity index (χ2v) is 5.14. The molecule has 2 rings (SSSR count). The van der Waals surface area contributed by atoms with Gasteiger partial charge in [0.05, 0.1) is 12.6 Å². The van der Waals surface area contributed by atoms with Crippen LogP contribution in [0.3, 0.4) is 0 Å². The molecule has 0 saturated carbocycles. The number of halogens is 1. The summed E-state index contributed by atoms with van der Waals surface area (Å²) in [4.78, 5) is 6.57. The summed E-state index contributed by atoms with van der Waals surface area (Å²) >= 11 is 0. The van der Waals surface area contributed by atoms with Crippen LogP contribution in [0.4, 0.5) is 4.39 Å². The first-order chi connectivity index (χ1) is 9.60. The van der Waals surface area contributed by atoms with Crippen LogP contribution >= 0.6 is 0 Å². The molecule has 0 radical (unpaired) electrons. The van der Waals surface area contributed by atoms with E-state index in [-0.39, 0.29) is 11.9 Å². The molecule has 0 bridgehead atoms. The Kier molecular flexibility index (Phi) is 4.95. The lowest BCUT2D eigenvalue weighted by Crippen LogP contribution is -2.40. The molecule has 0 unspecified atom stereocenters. The maximum absolute atomic E-state index is 13.5. The number of aliphatic hydroxyl groups is 1. The molecule has 1 aliphatic rings. The number of aliphatic hydroxyl groups excluding tert-OH is 1. The molecule has 0 amide bonds. The number of likely N-dealkylation sites (tertiary alicyclic amines) is 1. The quantitative estimate of drug-likeness (QED) is 0.653. The number of hydrogen-bond donors (Lipinski definition) is 2. The Bertz CT molecular complexity index is 490. The van der Waals surface area contributed by atoms with Crippen LogP contribution < -0.4 is 5.32 Å². The zero-order valence-corrected chi connectivity index (χ0v) is 12.1. The summed E-state index contributed by atoms with van der Waals surface area (Å²) in [6.07, 6.45) is 0.486. The van der Waals surface area contributed by atoms with Crippen LogP contribution in [0.5, 0.6) is 0 Å². The molecule has 1 heterocycles. The van der Waals surface area contributed by atoms with Gasteiger partial charge in [-0.15, -0.1) is 0 Å². The average molecular weight is 279 g/mol. The second kappa shape index (κ2) is 6.70. The second-order valence-electron chi connectivity index (χ2n) is 5.14. The van der Waals surface area contributed by atoms with Gasteiger partial charge in [0.2, 0.25) is 0 Å². The average Bonchev–Trinajstić information content (AvgIpc) is 2.85. The normalized spacial score (nSPS) is 19.5. The van der Waals surface area contributed by atoms with Gasteiger partial charge in [-0.05, 0) is 37.5 Å². The molecule has 1 saturated heterocycles. The van der Waals surface area contributed by atoms with Crippen molar-refractivity contribution < 1.29 is 9.50 Å². The topological polar surface area (TPSA) is 47.9 Å². The Labute approximate surface area is 119 Å². The van der Waals surface area contributed by atoms with Crippen LogP contribution in [0.25, 0.3) is 0 Å².